The van der Waals surface area contributed by atoms with Gasteiger partial charge in [0.05, 0.1) is 22.8 Å². The monoisotopic (exact) mass is 358 g/mol. The molecular formula is C17H19ClN6O. The van der Waals surface area contributed by atoms with E-state index >= 15 is 0 Å². The van der Waals surface area contributed by atoms with Crippen molar-refractivity contribution in [2.45, 2.75) is 26.3 Å². The number of hydrogen-bond acceptors (Lipinski definition) is 5. The van der Waals surface area contributed by atoms with E-state index in [1.165, 1.54) is 0 Å². The van der Waals surface area contributed by atoms with Gasteiger partial charge in [0, 0.05) is 18.1 Å². The third kappa shape index (κ3) is 3.41. The van der Waals surface area contributed by atoms with Crippen LogP contribution >= 0.6 is 11.6 Å². The van der Waals surface area contributed by atoms with Crippen LogP contribution in [0.25, 0.3) is 10.9 Å². The van der Waals surface area contributed by atoms with Crippen LogP contribution in [0.3, 0.4) is 0 Å². The first-order valence-corrected chi connectivity index (χ1v) is 8.27. The van der Waals surface area contributed by atoms with Crippen LogP contribution in [0.2, 0.25) is 5.02 Å². The molecule has 0 aliphatic heterocycles. The summed E-state index contributed by atoms with van der Waals surface area (Å²) in [5.74, 6) is -0.0973. The number of carbonyl (C=O) groups is 1. The Morgan fingerprint density at radius 3 is 2.84 bits per heavy atom. The Balaban J connectivity index is 1.84. The first-order chi connectivity index (χ1) is 11.9. The molecule has 0 aliphatic carbocycles. The second kappa shape index (κ2) is 6.68. The van der Waals surface area contributed by atoms with Crippen LogP contribution < -0.4 is 11.1 Å². The number of nitrogens with one attached hydrogen (secondary N) is 1. The molecule has 0 atom stereocenters. The molecule has 0 unspecified atom stereocenters. The third-order valence-electron chi connectivity index (χ3n) is 3.90. The molecule has 0 saturated heterocycles. The number of benzene rings is 1. The van der Waals surface area contributed by atoms with E-state index in [1.807, 2.05) is 33.0 Å². The van der Waals surface area contributed by atoms with Gasteiger partial charge >= 0.3 is 0 Å². The van der Waals surface area contributed by atoms with E-state index in [0.717, 1.165) is 16.6 Å². The smallest absolute Gasteiger partial charge is 0.270 e. The number of anilines is 1. The lowest BCUT2D eigenvalue weighted by Gasteiger charge is -2.08. The fourth-order valence-electron chi connectivity index (χ4n) is 2.63. The van der Waals surface area contributed by atoms with Gasteiger partial charge in [-0.3, -0.25) is 9.48 Å². The molecule has 2 aromatic heterocycles. The van der Waals surface area contributed by atoms with E-state index < -0.39 is 0 Å². The van der Waals surface area contributed by atoms with Crippen molar-refractivity contribution in [3.63, 3.8) is 0 Å². The number of fused-ring (bicyclic) bond motifs is 1. The molecule has 3 rings (SSSR count). The van der Waals surface area contributed by atoms with Crippen LogP contribution in [0.1, 0.15) is 41.6 Å². The van der Waals surface area contributed by atoms with Gasteiger partial charge in [0.25, 0.3) is 5.91 Å². The maximum atomic E-state index is 12.4. The van der Waals surface area contributed by atoms with E-state index in [0.29, 0.717) is 10.7 Å². The summed E-state index contributed by atoms with van der Waals surface area (Å²) in [5.41, 5.74) is 8.27. The van der Waals surface area contributed by atoms with E-state index in [9.17, 15) is 4.79 Å². The number of nitrogens with zero attached hydrogens (tertiary/aromatic N) is 4. The number of nitrogens with two attached hydrogens (primary N) is 1. The topological polar surface area (TPSA) is 98.7 Å². The van der Waals surface area contributed by atoms with Crippen molar-refractivity contribution < 1.29 is 4.79 Å². The summed E-state index contributed by atoms with van der Waals surface area (Å²) in [5, 5.41) is 8.69. The van der Waals surface area contributed by atoms with Crippen LogP contribution in [0, 0.1) is 0 Å². The average molecular weight is 359 g/mol. The van der Waals surface area contributed by atoms with Gasteiger partial charge in [0.15, 0.2) is 0 Å². The summed E-state index contributed by atoms with van der Waals surface area (Å²) in [6.45, 7) is 4.19. The first-order valence-electron chi connectivity index (χ1n) is 7.89. The van der Waals surface area contributed by atoms with Gasteiger partial charge in [-0.15, -0.1) is 0 Å². The van der Waals surface area contributed by atoms with Crippen molar-refractivity contribution in [1.82, 2.24) is 25.1 Å². The summed E-state index contributed by atoms with van der Waals surface area (Å²) in [6.07, 6.45) is 0. The number of aromatic nitrogens is 4. The highest BCUT2D eigenvalue weighted by molar-refractivity contribution is 6.35. The number of aryl methyl sites for hydroxylation is 1. The zero-order valence-corrected chi connectivity index (χ0v) is 15.0. The molecule has 3 N–H and O–H groups in total. The second-order valence-electron chi connectivity index (χ2n) is 6.08. The molecule has 1 amide bonds. The fraction of sp³-hybridized carbons (Fsp3) is 0.294. The Kier molecular flexibility index (Phi) is 4.59. The van der Waals surface area contributed by atoms with Gasteiger partial charge in [-0.1, -0.05) is 31.5 Å². The fourth-order valence-corrected chi connectivity index (χ4v) is 2.91. The highest BCUT2D eigenvalue weighted by atomic mass is 35.5. The van der Waals surface area contributed by atoms with E-state index in [4.69, 9.17) is 17.3 Å². The Morgan fingerprint density at radius 1 is 1.36 bits per heavy atom. The molecule has 0 saturated carbocycles. The van der Waals surface area contributed by atoms with Crippen LogP contribution in [0.5, 0.6) is 0 Å². The van der Waals surface area contributed by atoms with E-state index in [2.05, 4.69) is 20.4 Å². The standard InChI is InChI=1S/C17H19ClN6O/c1-9(2)11-7-12(22-17(19)21-11)16(25)20-8-13-15-10(18)5-4-6-14(15)24(3)23-13/h4-7,9H,8H2,1-3H3,(H,20,25)(H2,19,21,22). The average Bonchev–Trinajstić information content (AvgIpc) is 2.89. The number of amides is 1. The van der Waals surface area contributed by atoms with Crippen molar-refractivity contribution in [2.24, 2.45) is 7.05 Å². The lowest BCUT2D eigenvalue weighted by atomic mass is 10.1. The van der Waals surface area contributed by atoms with Crippen molar-refractivity contribution in [3.8, 4) is 0 Å². The van der Waals surface area contributed by atoms with Gasteiger partial charge in [0.2, 0.25) is 5.95 Å². The lowest BCUT2D eigenvalue weighted by molar-refractivity contribution is 0.0945. The summed E-state index contributed by atoms with van der Waals surface area (Å²) >= 11 is 6.28. The number of nitrogen functional groups attached to an aromatic ring is 1. The molecule has 2 heterocycles. The Morgan fingerprint density at radius 2 is 2.12 bits per heavy atom. The van der Waals surface area contributed by atoms with Crippen molar-refractivity contribution in [1.29, 1.82) is 0 Å². The highest BCUT2D eigenvalue weighted by Gasteiger charge is 2.15. The predicted molar refractivity (Wildman–Crippen MR) is 97.4 cm³/mol. The van der Waals surface area contributed by atoms with Gasteiger partial charge in [-0.05, 0) is 24.1 Å². The van der Waals surface area contributed by atoms with Crippen molar-refractivity contribution in [3.05, 3.63) is 46.4 Å². The minimum atomic E-state index is -0.332. The van der Waals surface area contributed by atoms with Gasteiger partial charge < -0.3 is 11.1 Å². The zero-order valence-electron chi connectivity index (χ0n) is 14.2. The largest absolute Gasteiger partial charge is 0.368 e. The molecule has 0 bridgehead atoms. The normalized spacial score (nSPS) is 11.2. The van der Waals surface area contributed by atoms with Crippen LogP contribution in [-0.4, -0.2) is 25.7 Å². The summed E-state index contributed by atoms with van der Waals surface area (Å²) in [6, 6.07) is 7.25. The summed E-state index contributed by atoms with van der Waals surface area (Å²) in [4.78, 5) is 20.6. The maximum Gasteiger partial charge on any atom is 0.270 e. The third-order valence-corrected chi connectivity index (χ3v) is 4.22. The molecule has 0 aliphatic rings. The molecule has 7 nitrogen and oxygen atoms in total. The molecule has 0 radical (unpaired) electrons. The van der Waals surface area contributed by atoms with E-state index in [-0.39, 0.29) is 30.0 Å². The molecule has 1 aromatic carbocycles. The molecule has 0 fully saturated rings. The zero-order chi connectivity index (χ0) is 18.1. The van der Waals surface area contributed by atoms with Crippen LogP contribution in [0.4, 0.5) is 5.95 Å². The van der Waals surface area contributed by atoms with Crippen LogP contribution in [-0.2, 0) is 13.6 Å². The quantitative estimate of drug-likeness (QED) is 0.747. The predicted octanol–water partition coefficient (Wildman–Crippen LogP) is 2.65. The number of hydrogen-bond donors (Lipinski definition) is 2. The van der Waals surface area contributed by atoms with Gasteiger partial charge in [-0.2, -0.15) is 5.10 Å². The second-order valence-corrected chi connectivity index (χ2v) is 6.49. The van der Waals surface area contributed by atoms with E-state index in [1.54, 1.807) is 16.8 Å². The Bertz CT molecular complexity index is 950. The number of rotatable bonds is 4. The van der Waals surface area contributed by atoms with Crippen molar-refractivity contribution in [2.75, 3.05) is 5.73 Å². The highest BCUT2D eigenvalue weighted by Crippen LogP contribution is 2.26. The lowest BCUT2D eigenvalue weighted by Crippen LogP contribution is -2.25. The minimum absolute atomic E-state index is 0.0858. The van der Waals surface area contributed by atoms with Gasteiger partial charge in [0.1, 0.15) is 5.69 Å². The Hall–Kier alpha value is -2.67. The molecular weight excluding hydrogens is 340 g/mol. The molecule has 8 heteroatoms. The first kappa shape index (κ1) is 17.2. The molecule has 25 heavy (non-hydrogen) atoms. The number of halogens is 1. The molecule has 0 spiro atoms. The maximum absolute atomic E-state index is 12.4. The Labute approximate surface area is 150 Å². The SMILES string of the molecule is CC(C)c1cc(C(=O)NCc2nn(C)c3cccc(Cl)c23)nc(N)n1. The van der Waals surface area contributed by atoms with Crippen LogP contribution in [0.15, 0.2) is 24.3 Å². The molecule has 3 aromatic rings. The molecule has 130 valence electrons. The minimum Gasteiger partial charge on any atom is -0.368 e. The van der Waals surface area contributed by atoms with Crippen molar-refractivity contribution >= 4 is 34.4 Å². The van der Waals surface area contributed by atoms with Gasteiger partial charge in [-0.25, -0.2) is 9.97 Å². The summed E-state index contributed by atoms with van der Waals surface area (Å²) < 4.78 is 1.74. The number of carbonyl (C=O) groups excluding carboxylic acids is 1. The summed E-state index contributed by atoms with van der Waals surface area (Å²) in [7, 11) is 1.84.